The number of carbonyl (C=O) groups is 3. The van der Waals surface area contributed by atoms with Crippen LogP contribution in [0, 0.1) is 11.8 Å². The minimum atomic E-state index is -2.55. The third-order valence-corrected chi connectivity index (χ3v) is 3.47. The topological polar surface area (TPSA) is 72.9 Å². The number of ether oxygens (including phenoxy) is 2. The Kier molecular flexibility index (Phi) is 2.92. The molecule has 1 saturated heterocycles. The number of likely N-dealkylation sites (tertiary alicyclic amines) is 1. The van der Waals surface area contributed by atoms with Gasteiger partial charge in [0.25, 0.3) is 0 Å². The van der Waals surface area contributed by atoms with Gasteiger partial charge in [0.2, 0.25) is 0 Å². The van der Waals surface area contributed by atoms with Crippen molar-refractivity contribution in [3.05, 3.63) is 0 Å². The van der Waals surface area contributed by atoms with E-state index in [-0.39, 0.29) is 19.6 Å². The molecule has 2 fully saturated rings. The molecule has 112 valence electrons. The van der Waals surface area contributed by atoms with Crippen LogP contribution in [0.1, 0.15) is 39.4 Å². The second-order valence-electron chi connectivity index (χ2n) is 4.67. The van der Waals surface area contributed by atoms with Gasteiger partial charge in [-0.3, -0.25) is 9.69 Å². The molecule has 1 saturated carbocycles. The zero-order valence-electron chi connectivity index (χ0n) is 16.5. The zero-order valence-corrected chi connectivity index (χ0v) is 11.5. The molecule has 0 unspecified atom stereocenters. The summed E-state index contributed by atoms with van der Waals surface area (Å²) in [5.41, 5.74) is 0. The van der Waals surface area contributed by atoms with Crippen molar-refractivity contribution >= 4 is 17.8 Å². The van der Waals surface area contributed by atoms with Gasteiger partial charge in [-0.2, -0.15) is 0 Å². The molecule has 0 spiro atoms. The molecule has 6 heteroatoms. The lowest BCUT2D eigenvalue weighted by atomic mass is 9.72. The number of hydrogen-bond acceptors (Lipinski definition) is 5. The number of rotatable bonds is 2. The summed E-state index contributed by atoms with van der Waals surface area (Å²) in [6.07, 6.45) is -6.64. The summed E-state index contributed by atoms with van der Waals surface area (Å²) in [4.78, 5) is 37.4. The van der Waals surface area contributed by atoms with E-state index in [0.717, 1.165) is 12.0 Å². The second kappa shape index (κ2) is 6.24. The SMILES string of the molecule is [2H]C1([2H])C[C@H]2CN(C(=O)OC)[C@]([2H])(C(=O)OCC)C[C@H]2C([2H])([2H])C1=O. The highest BCUT2D eigenvalue weighted by molar-refractivity contribution is 5.83. The molecule has 0 N–H and O–H groups in total. The zero-order chi connectivity index (χ0) is 19.2. The van der Waals surface area contributed by atoms with Gasteiger partial charge in [0, 0.05) is 24.8 Å². The van der Waals surface area contributed by atoms with Gasteiger partial charge in [-0.15, -0.1) is 0 Å². The number of Topliss-reactive ketones (excluding diaryl/α,β-unsaturated/α-hetero) is 1. The van der Waals surface area contributed by atoms with Crippen LogP contribution in [0.4, 0.5) is 4.79 Å². The van der Waals surface area contributed by atoms with Crippen molar-refractivity contribution in [2.45, 2.75) is 38.5 Å². The van der Waals surface area contributed by atoms with Gasteiger partial charge in [-0.05, 0) is 31.6 Å². The van der Waals surface area contributed by atoms with E-state index in [4.69, 9.17) is 11.6 Å². The predicted octanol–water partition coefficient (Wildman–Crippen LogP) is 1.38. The van der Waals surface area contributed by atoms with E-state index < -0.39 is 54.9 Å². The number of esters is 1. The van der Waals surface area contributed by atoms with Crippen LogP contribution in [0.3, 0.4) is 0 Å². The van der Waals surface area contributed by atoms with E-state index in [1.54, 1.807) is 0 Å². The number of carbonyl (C=O) groups excluding carboxylic acids is 3. The van der Waals surface area contributed by atoms with Crippen molar-refractivity contribution in [1.29, 1.82) is 0 Å². The van der Waals surface area contributed by atoms with Crippen LogP contribution in [0.2, 0.25) is 0 Å². The molecule has 6 nitrogen and oxygen atoms in total. The summed E-state index contributed by atoms with van der Waals surface area (Å²) in [6.45, 7) is 1.23. The van der Waals surface area contributed by atoms with Crippen molar-refractivity contribution in [2.24, 2.45) is 11.8 Å². The molecule has 3 atom stereocenters. The quantitative estimate of drug-likeness (QED) is 0.718. The molecule has 1 heterocycles. The highest BCUT2D eigenvalue weighted by Gasteiger charge is 2.44. The number of hydrogen-bond donors (Lipinski definition) is 0. The van der Waals surface area contributed by atoms with E-state index in [1.807, 2.05) is 0 Å². The molecule has 0 radical (unpaired) electrons. The first-order valence-electron chi connectivity index (χ1n) is 8.99. The molecular weight excluding hydrogens is 262 g/mol. The minimum absolute atomic E-state index is 0.0308. The van der Waals surface area contributed by atoms with E-state index >= 15 is 0 Å². The fourth-order valence-corrected chi connectivity index (χ4v) is 2.48. The lowest BCUT2D eigenvalue weighted by Gasteiger charge is -2.43. The summed E-state index contributed by atoms with van der Waals surface area (Å²) < 4.78 is 49.6. The van der Waals surface area contributed by atoms with Crippen LogP contribution < -0.4 is 0 Å². The summed E-state index contributed by atoms with van der Waals surface area (Å²) >= 11 is 0. The van der Waals surface area contributed by atoms with Crippen LogP contribution in [-0.4, -0.2) is 49.0 Å². The fraction of sp³-hybridized carbons (Fsp3) is 0.786. The molecule has 1 aliphatic heterocycles. The maximum absolute atomic E-state index is 12.3. The van der Waals surface area contributed by atoms with Crippen LogP contribution in [0.25, 0.3) is 0 Å². The average molecular weight is 288 g/mol. The van der Waals surface area contributed by atoms with Gasteiger partial charge in [0.15, 0.2) is 0 Å². The van der Waals surface area contributed by atoms with E-state index in [0.29, 0.717) is 0 Å². The molecule has 2 aliphatic rings. The van der Waals surface area contributed by atoms with Crippen LogP contribution >= 0.6 is 0 Å². The molecule has 0 aromatic carbocycles. The number of piperidine rings is 1. The smallest absolute Gasteiger partial charge is 0.410 e. The van der Waals surface area contributed by atoms with Gasteiger partial charge in [0.05, 0.1) is 15.1 Å². The summed E-state index contributed by atoms with van der Waals surface area (Å²) in [7, 11) is 1.09. The van der Waals surface area contributed by atoms with Crippen LogP contribution in [0.5, 0.6) is 0 Å². The number of fused-ring (bicyclic) bond motifs is 1. The van der Waals surface area contributed by atoms with Gasteiger partial charge in [-0.25, -0.2) is 9.59 Å². The van der Waals surface area contributed by atoms with E-state index in [9.17, 15) is 14.4 Å². The number of methoxy groups -OCH3 is 1. The average Bonchev–Trinajstić information content (AvgIpc) is 2.53. The summed E-state index contributed by atoms with van der Waals surface area (Å²) in [5.74, 6) is -4.03. The third kappa shape index (κ3) is 2.94. The molecule has 2 rings (SSSR count). The second-order valence-corrected chi connectivity index (χ2v) is 4.67. The fourth-order valence-electron chi connectivity index (χ4n) is 2.48. The first kappa shape index (κ1) is 9.37. The molecule has 1 amide bonds. The Morgan fingerprint density at radius 2 is 2.25 bits per heavy atom. The summed E-state index contributed by atoms with van der Waals surface area (Å²) in [5, 5.41) is 0. The molecular formula is C14H21NO5. The maximum atomic E-state index is 12.3. The number of amides is 1. The van der Waals surface area contributed by atoms with Crippen molar-refractivity contribution < 1.29 is 30.7 Å². The lowest BCUT2D eigenvalue weighted by Crippen LogP contribution is -2.55. The Bertz CT molecular complexity index is 598. The molecule has 1 aliphatic carbocycles. The maximum Gasteiger partial charge on any atom is 0.410 e. The monoisotopic (exact) mass is 288 g/mol. The van der Waals surface area contributed by atoms with Crippen LogP contribution in [-0.2, 0) is 19.1 Å². The normalized spacial score (nSPS) is 42.0. The van der Waals surface area contributed by atoms with E-state index in [1.165, 1.54) is 6.92 Å². The molecule has 0 aromatic rings. The highest BCUT2D eigenvalue weighted by atomic mass is 16.6. The molecule has 0 bridgehead atoms. The first-order chi connectivity index (χ1) is 11.4. The Morgan fingerprint density at radius 3 is 2.90 bits per heavy atom. The van der Waals surface area contributed by atoms with Crippen molar-refractivity contribution in [1.82, 2.24) is 4.90 Å². The van der Waals surface area contributed by atoms with Gasteiger partial charge in [-0.1, -0.05) is 0 Å². The first-order valence-corrected chi connectivity index (χ1v) is 6.49. The standard InChI is InChI=1S/C14H21NO5/c1-3-20-13(17)12-7-10-6-11(16)5-4-9(10)8-15(12)14(18)19-2/h9-10,12H,3-8H2,1-2H3/t9-,10+,12-/m0/s1/i5D2,6D2,12D. The predicted molar refractivity (Wildman–Crippen MR) is 70.0 cm³/mol. The summed E-state index contributed by atoms with van der Waals surface area (Å²) in [6, 6.07) is -2.23. The lowest BCUT2D eigenvalue weighted by molar-refractivity contribution is -0.153. The largest absolute Gasteiger partial charge is 0.464 e. The number of ketones is 1. The Hall–Kier alpha value is -1.59. The van der Waals surface area contributed by atoms with Gasteiger partial charge >= 0.3 is 12.1 Å². The van der Waals surface area contributed by atoms with Gasteiger partial charge < -0.3 is 9.47 Å². The molecule has 0 aromatic heterocycles. The van der Waals surface area contributed by atoms with Crippen molar-refractivity contribution in [3.8, 4) is 0 Å². The number of nitrogens with zero attached hydrogens (tertiary/aromatic N) is 1. The van der Waals surface area contributed by atoms with E-state index in [2.05, 4.69) is 4.74 Å². The highest BCUT2D eigenvalue weighted by Crippen LogP contribution is 2.37. The van der Waals surface area contributed by atoms with Crippen molar-refractivity contribution in [2.75, 3.05) is 20.3 Å². The molecule has 20 heavy (non-hydrogen) atoms. The van der Waals surface area contributed by atoms with Crippen LogP contribution in [0.15, 0.2) is 0 Å². The van der Waals surface area contributed by atoms with Crippen molar-refractivity contribution in [3.63, 3.8) is 0 Å². The Morgan fingerprint density at radius 1 is 1.50 bits per heavy atom. The minimum Gasteiger partial charge on any atom is -0.464 e. The third-order valence-electron chi connectivity index (χ3n) is 3.47. The van der Waals surface area contributed by atoms with Gasteiger partial charge in [0.1, 0.15) is 11.8 Å². The Balaban J connectivity index is 2.46. The Labute approximate surface area is 125 Å².